The van der Waals surface area contributed by atoms with Gasteiger partial charge in [-0.15, -0.1) is 0 Å². The molecule has 1 aromatic heterocycles. The molecule has 8 nitrogen and oxygen atoms in total. The molecule has 200 valence electrons. The lowest BCUT2D eigenvalue weighted by molar-refractivity contribution is -0.137. The Labute approximate surface area is 222 Å². The normalized spacial score (nSPS) is 17.8. The minimum absolute atomic E-state index is 0.0706. The standard InChI is InChI=1S/C30H35N3O5/c1-17-20(5-4-6-24(17)28-18(2)32-29(33-19(28)3)38-16-23(35)15-34)14-31-22-7-8-25-21(11-22)13-30(9-10-30)26(25)12-27(36)37/h4-8,11,23,26,31,34-35H,9-10,12-16H2,1-3H3,(H,36,37)/t23-,26?/m1/s1. The first-order valence-corrected chi connectivity index (χ1v) is 13.1. The molecule has 1 fully saturated rings. The lowest BCUT2D eigenvalue weighted by Gasteiger charge is -2.18. The highest BCUT2D eigenvalue weighted by molar-refractivity contribution is 5.73. The predicted molar refractivity (Wildman–Crippen MR) is 144 cm³/mol. The number of rotatable bonds is 10. The van der Waals surface area contributed by atoms with E-state index in [0.717, 1.165) is 58.6 Å². The van der Waals surface area contributed by atoms with Crippen LogP contribution >= 0.6 is 0 Å². The van der Waals surface area contributed by atoms with Gasteiger partial charge in [-0.1, -0.05) is 24.3 Å². The maximum Gasteiger partial charge on any atom is 0.316 e. The third-order valence-electron chi connectivity index (χ3n) is 8.14. The summed E-state index contributed by atoms with van der Waals surface area (Å²) in [5.41, 5.74) is 9.57. The van der Waals surface area contributed by atoms with Crippen LogP contribution < -0.4 is 10.1 Å². The van der Waals surface area contributed by atoms with Crippen molar-refractivity contribution in [3.05, 3.63) is 70.0 Å². The molecule has 2 aliphatic rings. The van der Waals surface area contributed by atoms with E-state index >= 15 is 0 Å². The Balaban J connectivity index is 1.33. The van der Waals surface area contributed by atoms with Crippen molar-refractivity contribution in [1.82, 2.24) is 9.97 Å². The highest BCUT2D eigenvalue weighted by atomic mass is 16.5. The summed E-state index contributed by atoms with van der Waals surface area (Å²) in [5, 5.41) is 31.5. The number of fused-ring (bicyclic) bond motifs is 1. The Kier molecular flexibility index (Phi) is 7.11. The van der Waals surface area contributed by atoms with Gasteiger partial charge in [0.2, 0.25) is 0 Å². The third kappa shape index (κ3) is 5.11. The van der Waals surface area contributed by atoms with Gasteiger partial charge in [0, 0.05) is 23.7 Å². The zero-order valence-electron chi connectivity index (χ0n) is 22.1. The van der Waals surface area contributed by atoms with Gasteiger partial charge >= 0.3 is 12.0 Å². The van der Waals surface area contributed by atoms with E-state index in [1.807, 2.05) is 19.9 Å². The molecule has 8 heteroatoms. The van der Waals surface area contributed by atoms with Gasteiger partial charge in [-0.05, 0) is 85.4 Å². The predicted octanol–water partition coefficient (Wildman–Crippen LogP) is 4.31. The second-order valence-electron chi connectivity index (χ2n) is 10.7. The van der Waals surface area contributed by atoms with Crippen molar-refractivity contribution in [3.8, 4) is 17.1 Å². The van der Waals surface area contributed by atoms with Gasteiger partial charge in [0.25, 0.3) is 0 Å². The number of carbonyl (C=O) groups is 1. The minimum atomic E-state index is -0.975. The number of aromatic nitrogens is 2. The second kappa shape index (κ2) is 10.3. The van der Waals surface area contributed by atoms with E-state index in [0.29, 0.717) is 6.54 Å². The molecule has 5 rings (SSSR count). The zero-order valence-corrected chi connectivity index (χ0v) is 22.1. The van der Waals surface area contributed by atoms with Gasteiger partial charge in [-0.3, -0.25) is 4.79 Å². The number of nitrogens with one attached hydrogen (secondary N) is 1. The van der Waals surface area contributed by atoms with E-state index in [4.69, 9.17) is 9.84 Å². The summed E-state index contributed by atoms with van der Waals surface area (Å²) in [5.74, 6) is -0.585. The summed E-state index contributed by atoms with van der Waals surface area (Å²) >= 11 is 0. The Bertz CT molecular complexity index is 1340. The number of carboxylic acids is 1. The summed E-state index contributed by atoms with van der Waals surface area (Å²) in [7, 11) is 0. The van der Waals surface area contributed by atoms with E-state index in [1.54, 1.807) is 0 Å². The Hall–Kier alpha value is -3.49. The number of hydrogen-bond acceptors (Lipinski definition) is 7. The molecule has 0 aliphatic heterocycles. The van der Waals surface area contributed by atoms with Crippen LogP contribution in [0, 0.1) is 26.2 Å². The fraction of sp³-hybridized carbons (Fsp3) is 0.433. The number of aliphatic carboxylic acids is 1. The van der Waals surface area contributed by atoms with Crippen molar-refractivity contribution in [2.24, 2.45) is 5.41 Å². The first-order chi connectivity index (χ1) is 18.2. The van der Waals surface area contributed by atoms with Crippen LogP contribution in [0.15, 0.2) is 36.4 Å². The molecular weight excluding hydrogens is 482 g/mol. The number of aliphatic hydroxyl groups is 2. The highest BCUT2D eigenvalue weighted by Gasteiger charge is 2.54. The van der Waals surface area contributed by atoms with Gasteiger partial charge in [-0.2, -0.15) is 9.97 Å². The van der Waals surface area contributed by atoms with Gasteiger partial charge < -0.3 is 25.4 Å². The second-order valence-corrected chi connectivity index (χ2v) is 10.7. The van der Waals surface area contributed by atoms with Crippen LogP contribution in [0.1, 0.15) is 58.8 Å². The smallest absolute Gasteiger partial charge is 0.316 e. The SMILES string of the molecule is Cc1nc(OC[C@H](O)CO)nc(C)c1-c1cccc(CNc2ccc3c(c2)CC2(CC2)C3CC(=O)O)c1C. The number of carboxylic acid groups (broad SMARTS) is 1. The summed E-state index contributed by atoms with van der Waals surface area (Å²) in [6, 6.07) is 12.8. The van der Waals surface area contributed by atoms with Crippen molar-refractivity contribution in [3.63, 3.8) is 0 Å². The average molecular weight is 518 g/mol. The van der Waals surface area contributed by atoms with Crippen molar-refractivity contribution in [2.45, 2.75) is 65.0 Å². The van der Waals surface area contributed by atoms with Crippen molar-refractivity contribution in [1.29, 1.82) is 0 Å². The number of nitrogens with zero attached hydrogens (tertiary/aromatic N) is 2. The van der Waals surface area contributed by atoms with Crippen LogP contribution in [0.4, 0.5) is 5.69 Å². The quantitative estimate of drug-likeness (QED) is 0.314. The van der Waals surface area contributed by atoms with E-state index in [2.05, 4.69) is 52.5 Å². The van der Waals surface area contributed by atoms with Gasteiger partial charge in [0.05, 0.1) is 24.4 Å². The topological polar surface area (TPSA) is 125 Å². The van der Waals surface area contributed by atoms with E-state index in [1.165, 1.54) is 11.1 Å². The van der Waals surface area contributed by atoms with Crippen molar-refractivity contribution in [2.75, 3.05) is 18.5 Å². The van der Waals surface area contributed by atoms with E-state index in [-0.39, 0.29) is 37.0 Å². The number of aryl methyl sites for hydroxylation is 2. The molecule has 1 unspecified atom stereocenters. The molecule has 4 N–H and O–H groups in total. The Morgan fingerprint density at radius 1 is 1.16 bits per heavy atom. The molecule has 0 radical (unpaired) electrons. The first-order valence-electron chi connectivity index (χ1n) is 13.1. The fourth-order valence-electron chi connectivity index (χ4n) is 5.93. The minimum Gasteiger partial charge on any atom is -0.481 e. The number of hydrogen-bond donors (Lipinski definition) is 4. The van der Waals surface area contributed by atoms with Crippen LogP contribution in [0.2, 0.25) is 0 Å². The van der Waals surface area contributed by atoms with Crippen LogP contribution in [0.25, 0.3) is 11.1 Å². The molecule has 2 aliphatic carbocycles. The molecule has 0 saturated heterocycles. The molecule has 1 spiro atoms. The summed E-state index contributed by atoms with van der Waals surface area (Å²) in [6.45, 7) is 6.13. The lowest BCUT2D eigenvalue weighted by Crippen LogP contribution is -2.22. The van der Waals surface area contributed by atoms with Crippen molar-refractivity contribution < 1.29 is 24.9 Å². The first kappa shape index (κ1) is 26.1. The highest BCUT2D eigenvalue weighted by Crippen LogP contribution is 2.64. The maximum atomic E-state index is 11.4. The number of ether oxygens (including phenoxy) is 1. The van der Waals surface area contributed by atoms with E-state index < -0.39 is 12.1 Å². The molecule has 1 heterocycles. The zero-order chi connectivity index (χ0) is 27.0. The summed E-state index contributed by atoms with van der Waals surface area (Å²) in [6.07, 6.45) is 2.45. The molecule has 0 amide bonds. The van der Waals surface area contributed by atoms with Gasteiger partial charge in [-0.25, -0.2) is 0 Å². The summed E-state index contributed by atoms with van der Waals surface area (Å²) < 4.78 is 5.46. The number of aliphatic hydroxyl groups excluding tert-OH is 2. The Morgan fingerprint density at radius 2 is 1.89 bits per heavy atom. The van der Waals surface area contributed by atoms with Crippen LogP contribution in [0.5, 0.6) is 6.01 Å². The molecule has 0 bridgehead atoms. The molecular formula is C30H35N3O5. The average Bonchev–Trinajstić information content (AvgIpc) is 3.59. The van der Waals surface area contributed by atoms with Gasteiger partial charge in [0.15, 0.2) is 0 Å². The Morgan fingerprint density at radius 3 is 2.55 bits per heavy atom. The molecule has 38 heavy (non-hydrogen) atoms. The third-order valence-corrected chi connectivity index (χ3v) is 8.14. The molecule has 1 saturated carbocycles. The summed E-state index contributed by atoms with van der Waals surface area (Å²) in [4.78, 5) is 20.4. The molecule has 2 aromatic carbocycles. The lowest BCUT2D eigenvalue weighted by atomic mass is 9.87. The fourth-order valence-corrected chi connectivity index (χ4v) is 5.93. The van der Waals surface area contributed by atoms with Gasteiger partial charge in [0.1, 0.15) is 12.7 Å². The van der Waals surface area contributed by atoms with E-state index in [9.17, 15) is 15.0 Å². The molecule has 3 aromatic rings. The monoisotopic (exact) mass is 517 g/mol. The van der Waals surface area contributed by atoms with Crippen molar-refractivity contribution >= 4 is 11.7 Å². The van der Waals surface area contributed by atoms with Crippen LogP contribution in [-0.4, -0.2) is 50.6 Å². The number of benzene rings is 2. The van der Waals surface area contributed by atoms with Crippen LogP contribution in [-0.2, 0) is 17.8 Å². The maximum absolute atomic E-state index is 11.4. The molecule has 2 atom stereocenters. The largest absolute Gasteiger partial charge is 0.481 e. The number of anilines is 1. The van der Waals surface area contributed by atoms with Crippen LogP contribution in [0.3, 0.4) is 0 Å².